The Morgan fingerprint density at radius 2 is 1.88 bits per heavy atom. The van der Waals surface area contributed by atoms with E-state index in [0.717, 1.165) is 65.9 Å². The molecule has 3 heterocycles. The van der Waals surface area contributed by atoms with Crippen molar-refractivity contribution in [3.8, 4) is 11.5 Å². The van der Waals surface area contributed by atoms with Crippen LogP contribution in [-0.4, -0.2) is 46.4 Å². The van der Waals surface area contributed by atoms with Crippen LogP contribution in [0.25, 0.3) is 10.8 Å². The van der Waals surface area contributed by atoms with Crippen molar-refractivity contribution >= 4 is 22.9 Å². The summed E-state index contributed by atoms with van der Waals surface area (Å²) < 4.78 is 7.88. The third kappa shape index (κ3) is 5.22. The molecule has 2 bridgehead atoms. The zero-order valence-corrected chi connectivity index (χ0v) is 22.4. The summed E-state index contributed by atoms with van der Waals surface area (Å²) in [6, 6.07) is 22.3. The average Bonchev–Trinajstić information content (AvgIpc) is 2.94. The first-order chi connectivity index (χ1) is 19.5. The third-order valence-electron chi connectivity index (χ3n) is 7.82. The number of aromatic hydroxyl groups is 1. The number of fused-ring (bicyclic) bond motifs is 5. The summed E-state index contributed by atoms with van der Waals surface area (Å²) in [6.45, 7) is 5.82. The molecule has 2 aliphatic heterocycles. The lowest BCUT2D eigenvalue weighted by atomic mass is 9.83. The molecule has 0 saturated carbocycles. The second-order valence-corrected chi connectivity index (χ2v) is 10.6. The first-order valence-electron chi connectivity index (χ1n) is 13.7. The van der Waals surface area contributed by atoms with Crippen molar-refractivity contribution in [1.29, 1.82) is 0 Å². The Morgan fingerprint density at radius 3 is 2.70 bits per heavy atom. The normalized spacial score (nSPS) is 18.5. The fourth-order valence-electron chi connectivity index (χ4n) is 6.10. The van der Waals surface area contributed by atoms with Gasteiger partial charge in [0.05, 0.1) is 18.4 Å². The summed E-state index contributed by atoms with van der Waals surface area (Å²) in [4.78, 5) is 27.6. The van der Waals surface area contributed by atoms with Crippen molar-refractivity contribution in [2.45, 2.75) is 32.4 Å². The standard InChI is InChI=1S/C32H32N4O4/c1-2-40-30-11-10-21(16-33-34-32(39)27-14-23-6-3-4-7-24(23)15-29(27)37)12-26(30)20-35-17-22-13-25(19-35)28-8-5-9-31(38)36(28)18-22/h3-12,14-16,22,25,37H,2,13,17-20H2,1H3,(H,34,39)/b33-16-/t22-,25+/m1/s1. The molecule has 1 fully saturated rings. The van der Waals surface area contributed by atoms with Crippen molar-refractivity contribution in [2.24, 2.45) is 11.0 Å². The maximum absolute atomic E-state index is 12.7. The molecule has 3 aromatic carbocycles. The molecule has 1 aromatic heterocycles. The summed E-state index contributed by atoms with van der Waals surface area (Å²) in [7, 11) is 0. The highest BCUT2D eigenvalue weighted by atomic mass is 16.5. The summed E-state index contributed by atoms with van der Waals surface area (Å²) >= 11 is 0. The van der Waals surface area contributed by atoms with Gasteiger partial charge in [0.1, 0.15) is 11.5 Å². The lowest BCUT2D eigenvalue weighted by Gasteiger charge is -2.43. The molecule has 40 heavy (non-hydrogen) atoms. The van der Waals surface area contributed by atoms with Gasteiger partial charge < -0.3 is 14.4 Å². The fourth-order valence-corrected chi connectivity index (χ4v) is 6.10. The van der Waals surface area contributed by atoms with Gasteiger partial charge in [0, 0.05) is 49.4 Å². The topological polar surface area (TPSA) is 96.2 Å². The second kappa shape index (κ2) is 11.0. The number of rotatable bonds is 7. The van der Waals surface area contributed by atoms with Crippen LogP contribution in [0.3, 0.4) is 0 Å². The number of nitrogens with one attached hydrogen (secondary N) is 1. The van der Waals surface area contributed by atoms with E-state index in [0.29, 0.717) is 18.4 Å². The number of nitrogens with zero attached hydrogens (tertiary/aromatic N) is 3. The molecule has 1 amide bonds. The highest BCUT2D eigenvalue weighted by Crippen LogP contribution is 2.36. The maximum atomic E-state index is 12.7. The monoisotopic (exact) mass is 536 g/mol. The summed E-state index contributed by atoms with van der Waals surface area (Å²) in [6.07, 6.45) is 2.71. The minimum atomic E-state index is -0.482. The molecule has 0 spiro atoms. The van der Waals surface area contributed by atoms with Crippen LogP contribution in [-0.2, 0) is 13.1 Å². The van der Waals surface area contributed by atoms with Gasteiger partial charge in [-0.05, 0) is 72.0 Å². The number of ether oxygens (including phenoxy) is 1. The molecule has 204 valence electrons. The number of hydrazone groups is 1. The number of carbonyl (C=O) groups excluding carboxylic acids is 1. The Hall–Kier alpha value is -4.43. The van der Waals surface area contributed by atoms with E-state index in [9.17, 15) is 14.7 Å². The number of phenolic OH excluding ortho intramolecular Hbond substituents is 1. The summed E-state index contributed by atoms with van der Waals surface area (Å²) in [5.41, 5.74) is 5.81. The van der Waals surface area contributed by atoms with Crippen LogP contribution < -0.4 is 15.7 Å². The van der Waals surface area contributed by atoms with Crippen LogP contribution >= 0.6 is 0 Å². The average molecular weight is 537 g/mol. The van der Waals surface area contributed by atoms with Crippen LogP contribution in [0.2, 0.25) is 0 Å². The number of carbonyl (C=O) groups is 1. The highest BCUT2D eigenvalue weighted by Gasteiger charge is 2.34. The molecule has 0 radical (unpaired) electrons. The third-order valence-corrected chi connectivity index (χ3v) is 7.82. The Labute approximate surface area is 232 Å². The van der Waals surface area contributed by atoms with E-state index < -0.39 is 5.91 Å². The lowest BCUT2D eigenvalue weighted by Crippen LogP contribution is -2.46. The summed E-state index contributed by atoms with van der Waals surface area (Å²) in [5, 5.41) is 16.2. The Balaban J connectivity index is 1.17. The SMILES string of the molecule is CCOc1ccc(/C=N\NC(=O)c2cc3ccccc3cc2O)cc1CN1C[C@H]2C[C@@H](C1)c1cccc(=O)n1C2. The molecule has 6 rings (SSSR count). The number of likely N-dealkylation sites (tertiary alicyclic amines) is 1. The van der Waals surface area contributed by atoms with E-state index in [1.165, 1.54) is 0 Å². The smallest absolute Gasteiger partial charge is 0.275 e. The van der Waals surface area contributed by atoms with Crippen LogP contribution in [0.1, 0.15) is 46.4 Å². The Morgan fingerprint density at radius 1 is 1.05 bits per heavy atom. The number of phenols is 1. The predicted molar refractivity (Wildman–Crippen MR) is 155 cm³/mol. The number of pyridine rings is 1. The molecule has 2 atom stereocenters. The number of piperidine rings is 1. The van der Waals surface area contributed by atoms with Crippen molar-refractivity contribution in [3.63, 3.8) is 0 Å². The van der Waals surface area contributed by atoms with Crippen LogP contribution in [0, 0.1) is 5.92 Å². The lowest BCUT2D eigenvalue weighted by molar-refractivity contribution is 0.0952. The van der Waals surface area contributed by atoms with E-state index in [2.05, 4.69) is 21.5 Å². The van der Waals surface area contributed by atoms with Gasteiger partial charge in [0.2, 0.25) is 0 Å². The molecule has 2 aliphatic rings. The minimum Gasteiger partial charge on any atom is -0.507 e. The predicted octanol–water partition coefficient (Wildman–Crippen LogP) is 4.49. The molecule has 0 aliphatic carbocycles. The molecule has 8 heteroatoms. The summed E-state index contributed by atoms with van der Waals surface area (Å²) in [5.74, 6) is 1.03. The van der Waals surface area contributed by atoms with Gasteiger partial charge in [-0.1, -0.05) is 30.3 Å². The first kappa shape index (κ1) is 25.8. The van der Waals surface area contributed by atoms with Gasteiger partial charge in [0.25, 0.3) is 11.5 Å². The number of aromatic nitrogens is 1. The number of benzene rings is 3. The van der Waals surface area contributed by atoms with Gasteiger partial charge in [-0.3, -0.25) is 14.5 Å². The molecule has 0 unspecified atom stereocenters. The van der Waals surface area contributed by atoms with Crippen LogP contribution in [0.15, 0.2) is 82.7 Å². The number of hydrogen-bond donors (Lipinski definition) is 2. The molecular formula is C32H32N4O4. The van der Waals surface area contributed by atoms with E-state index in [1.54, 1.807) is 24.4 Å². The van der Waals surface area contributed by atoms with Gasteiger partial charge in [-0.2, -0.15) is 5.10 Å². The fraction of sp³-hybridized carbons (Fsp3) is 0.281. The number of amides is 1. The van der Waals surface area contributed by atoms with Crippen molar-refractivity contribution in [3.05, 3.63) is 106 Å². The van der Waals surface area contributed by atoms with Crippen LogP contribution in [0.5, 0.6) is 11.5 Å². The minimum absolute atomic E-state index is 0.0893. The largest absolute Gasteiger partial charge is 0.507 e. The van der Waals surface area contributed by atoms with Crippen molar-refractivity contribution in [1.82, 2.24) is 14.9 Å². The van der Waals surface area contributed by atoms with Crippen molar-refractivity contribution < 1.29 is 14.6 Å². The molecule has 2 N–H and O–H groups in total. The van der Waals surface area contributed by atoms with E-state index >= 15 is 0 Å². The first-order valence-corrected chi connectivity index (χ1v) is 13.7. The molecular weight excluding hydrogens is 504 g/mol. The van der Waals surface area contributed by atoms with Gasteiger partial charge in [-0.15, -0.1) is 0 Å². The quantitative estimate of drug-likeness (QED) is 0.268. The molecule has 4 aromatic rings. The molecule has 1 saturated heterocycles. The number of hydrogen-bond acceptors (Lipinski definition) is 6. The second-order valence-electron chi connectivity index (χ2n) is 10.6. The Bertz CT molecular complexity index is 1660. The zero-order valence-electron chi connectivity index (χ0n) is 22.4. The zero-order chi connectivity index (χ0) is 27.6. The molecule has 8 nitrogen and oxygen atoms in total. The highest BCUT2D eigenvalue weighted by molar-refractivity contribution is 6.01. The van der Waals surface area contributed by atoms with Gasteiger partial charge in [-0.25, -0.2) is 5.43 Å². The Kier molecular flexibility index (Phi) is 7.09. The van der Waals surface area contributed by atoms with Gasteiger partial charge >= 0.3 is 0 Å². The van der Waals surface area contributed by atoms with E-state index in [-0.39, 0.29) is 16.9 Å². The van der Waals surface area contributed by atoms with Crippen LogP contribution in [0.4, 0.5) is 0 Å². The van der Waals surface area contributed by atoms with Crippen molar-refractivity contribution in [2.75, 3.05) is 19.7 Å². The van der Waals surface area contributed by atoms with Gasteiger partial charge in [0.15, 0.2) is 0 Å². The van der Waals surface area contributed by atoms with E-state index in [1.807, 2.05) is 60.0 Å². The van der Waals surface area contributed by atoms with E-state index in [4.69, 9.17) is 4.74 Å². The maximum Gasteiger partial charge on any atom is 0.275 e.